The molecule has 3 N–H and O–H groups in total. The van der Waals surface area contributed by atoms with E-state index in [0.29, 0.717) is 6.04 Å². The van der Waals surface area contributed by atoms with Crippen LogP contribution in [0.5, 0.6) is 0 Å². The van der Waals surface area contributed by atoms with Crippen LogP contribution in [0.3, 0.4) is 0 Å². The van der Waals surface area contributed by atoms with Gasteiger partial charge in [-0.1, -0.05) is 32.8 Å². The van der Waals surface area contributed by atoms with E-state index in [1.807, 2.05) is 6.08 Å². The van der Waals surface area contributed by atoms with Gasteiger partial charge in [0.2, 0.25) is 0 Å². The zero-order valence-corrected chi connectivity index (χ0v) is 10.5. The normalized spacial score (nSPS) is 13.1. The number of allylic oxidation sites excluding steroid dienone is 1. The van der Waals surface area contributed by atoms with Crippen molar-refractivity contribution in [2.45, 2.75) is 64.8 Å². The fourth-order valence-electron chi connectivity index (χ4n) is 1.70. The van der Waals surface area contributed by atoms with Crippen molar-refractivity contribution in [2.75, 3.05) is 0 Å². The van der Waals surface area contributed by atoms with Gasteiger partial charge in [-0.2, -0.15) is 0 Å². The Balaban J connectivity index is 3.39. The van der Waals surface area contributed by atoms with Gasteiger partial charge in [0.05, 0.1) is 0 Å². The molecule has 90 valence electrons. The number of rotatable bonds is 10. The second-order valence-electron chi connectivity index (χ2n) is 4.76. The number of hydrazine groups is 1. The van der Waals surface area contributed by atoms with E-state index in [1.165, 1.54) is 38.5 Å². The van der Waals surface area contributed by atoms with E-state index in [1.54, 1.807) is 0 Å². The van der Waals surface area contributed by atoms with Gasteiger partial charge >= 0.3 is 0 Å². The molecule has 2 heteroatoms. The van der Waals surface area contributed by atoms with Gasteiger partial charge < -0.3 is 0 Å². The fourth-order valence-corrected chi connectivity index (χ4v) is 1.70. The van der Waals surface area contributed by atoms with Crippen LogP contribution in [0.25, 0.3) is 0 Å². The lowest BCUT2D eigenvalue weighted by Crippen LogP contribution is -2.35. The summed E-state index contributed by atoms with van der Waals surface area (Å²) in [7, 11) is 0. The average molecular weight is 212 g/mol. The van der Waals surface area contributed by atoms with Crippen LogP contribution in [0.15, 0.2) is 12.7 Å². The van der Waals surface area contributed by atoms with E-state index in [4.69, 9.17) is 5.84 Å². The largest absolute Gasteiger partial charge is 0.271 e. The molecule has 0 fully saturated rings. The number of hydrogen-bond donors (Lipinski definition) is 2. The quantitative estimate of drug-likeness (QED) is 0.252. The molecule has 2 nitrogen and oxygen atoms in total. The molecule has 15 heavy (non-hydrogen) atoms. The minimum absolute atomic E-state index is 0.510. The maximum Gasteiger partial charge on any atom is 0.0210 e. The molecule has 0 bridgehead atoms. The summed E-state index contributed by atoms with van der Waals surface area (Å²) in [6.45, 7) is 8.25. The van der Waals surface area contributed by atoms with Gasteiger partial charge in [0.15, 0.2) is 0 Å². The Kier molecular flexibility index (Phi) is 9.96. The zero-order chi connectivity index (χ0) is 11.5. The number of nitrogens with one attached hydrogen (secondary N) is 1. The van der Waals surface area contributed by atoms with E-state index in [2.05, 4.69) is 25.9 Å². The van der Waals surface area contributed by atoms with E-state index in [0.717, 1.165) is 12.3 Å². The molecule has 0 spiro atoms. The van der Waals surface area contributed by atoms with Crippen LogP contribution in [0.4, 0.5) is 0 Å². The van der Waals surface area contributed by atoms with Gasteiger partial charge in [0.1, 0.15) is 0 Å². The Bertz CT molecular complexity index is 143. The summed E-state index contributed by atoms with van der Waals surface area (Å²) < 4.78 is 0. The molecule has 1 atom stereocenters. The van der Waals surface area contributed by atoms with Crippen LogP contribution in [0.1, 0.15) is 58.8 Å². The summed E-state index contributed by atoms with van der Waals surface area (Å²) in [5.74, 6) is 6.31. The highest BCUT2D eigenvalue weighted by molar-refractivity contribution is 4.68. The molecule has 0 radical (unpaired) electrons. The fraction of sp³-hybridized carbons (Fsp3) is 0.846. The molecule has 1 unspecified atom stereocenters. The van der Waals surface area contributed by atoms with Gasteiger partial charge in [-0.15, -0.1) is 6.58 Å². The van der Waals surface area contributed by atoms with Crippen molar-refractivity contribution in [1.29, 1.82) is 0 Å². The molecule has 0 saturated heterocycles. The first-order valence-electron chi connectivity index (χ1n) is 6.27. The molecule has 0 rings (SSSR count). The monoisotopic (exact) mass is 212 g/mol. The van der Waals surface area contributed by atoms with Crippen molar-refractivity contribution in [3.05, 3.63) is 12.7 Å². The molecular weight excluding hydrogens is 184 g/mol. The Morgan fingerprint density at radius 3 is 2.40 bits per heavy atom. The van der Waals surface area contributed by atoms with Crippen LogP contribution >= 0.6 is 0 Å². The topological polar surface area (TPSA) is 38.0 Å². The standard InChI is InChI=1S/C13H28N2/c1-4-5-6-7-8-9-13(15-14)11-10-12(2)3/h4,12-13,15H,1,5-11,14H2,2-3H3. The lowest BCUT2D eigenvalue weighted by atomic mass is 9.99. The third kappa shape index (κ3) is 9.95. The van der Waals surface area contributed by atoms with Crippen molar-refractivity contribution in [3.8, 4) is 0 Å². The Hall–Kier alpha value is -0.340. The summed E-state index contributed by atoms with van der Waals surface area (Å²) in [5, 5.41) is 0. The minimum Gasteiger partial charge on any atom is -0.271 e. The van der Waals surface area contributed by atoms with Crippen molar-refractivity contribution >= 4 is 0 Å². The predicted octanol–water partition coefficient (Wildman–Crippen LogP) is 3.39. The first-order chi connectivity index (χ1) is 7.20. The summed E-state index contributed by atoms with van der Waals surface area (Å²) in [6, 6.07) is 0.510. The third-order valence-corrected chi connectivity index (χ3v) is 2.79. The first-order valence-corrected chi connectivity index (χ1v) is 6.27. The van der Waals surface area contributed by atoms with Crippen molar-refractivity contribution < 1.29 is 0 Å². The molecule has 0 aliphatic heterocycles. The van der Waals surface area contributed by atoms with Crippen LogP contribution in [-0.2, 0) is 0 Å². The van der Waals surface area contributed by atoms with Crippen LogP contribution < -0.4 is 11.3 Å². The minimum atomic E-state index is 0.510. The van der Waals surface area contributed by atoms with Crippen LogP contribution in [0.2, 0.25) is 0 Å². The maximum absolute atomic E-state index is 5.53. The van der Waals surface area contributed by atoms with Crippen molar-refractivity contribution in [1.82, 2.24) is 5.43 Å². The van der Waals surface area contributed by atoms with Gasteiger partial charge in [0, 0.05) is 6.04 Å². The maximum atomic E-state index is 5.53. The highest BCUT2D eigenvalue weighted by Crippen LogP contribution is 2.12. The van der Waals surface area contributed by atoms with Gasteiger partial charge in [-0.05, 0) is 38.0 Å². The highest BCUT2D eigenvalue weighted by atomic mass is 15.2. The summed E-state index contributed by atoms with van der Waals surface area (Å²) in [4.78, 5) is 0. The number of hydrogen-bond acceptors (Lipinski definition) is 2. The lowest BCUT2D eigenvalue weighted by Gasteiger charge is -2.16. The Morgan fingerprint density at radius 1 is 1.13 bits per heavy atom. The molecule has 0 amide bonds. The molecular formula is C13H28N2. The SMILES string of the molecule is C=CCCCCCC(CCC(C)C)NN. The summed E-state index contributed by atoms with van der Waals surface area (Å²) >= 11 is 0. The summed E-state index contributed by atoms with van der Waals surface area (Å²) in [6.07, 6.45) is 10.7. The molecule has 0 aliphatic rings. The van der Waals surface area contributed by atoms with Crippen LogP contribution in [-0.4, -0.2) is 6.04 Å². The van der Waals surface area contributed by atoms with Gasteiger partial charge in [-0.25, -0.2) is 0 Å². The molecule has 0 saturated carbocycles. The Labute approximate surface area is 95.3 Å². The third-order valence-electron chi connectivity index (χ3n) is 2.79. The van der Waals surface area contributed by atoms with E-state index in [-0.39, 0.29) is 0 Å². The molecule has 0 aromatic rings. The zero-order valence-electron chi connectivity index (χ0n) is 10.5. The van der Waals surface area contributed by atoms with Crippen LogP contribution in [0, 0.1) is 5.92 Å². The van der Waals surface area contributed by atoms with Crippen molar-refractivity contribution in [3.63, 3.8) is 0 Å². The highest BCUT2D eigenvalue weighted by Gasteiger charge is 2.06. The molecule has 0 aromatic heterocycles. The molecule has 0 heterocycles. The number of unbranched alkanes of at least 4 members (excludes halogenated alkanes) is 3. The predicted molar refractivity (Wildman–Crippen MR) is 68.5 cm³/mol. The van der Waals surface area contributed by atoms with E-state index < -0.39 is 0 Å². The van der Waals surface area contributed by atoms with E-state index >= 15 is 0 Å². The van der Waals surface area contributed by atoms with Crippen molar-refractivity contribution in [2.24, 2.45) is 11.8 Å². The summed E-state index contributed by atoms with van der Waals surface area (Å²) in [5.41, 5.74) is 2.93. The van der Waals surface area contributed by atoms with Gasteiger partial charge in [0.25, 0.3) is 0 Å². The average Bonchev–Trinajstić information content (AvgIpc) is 2.22. The smallest absolute Gasteiger partial charge is 0.0210 e. The number of nitrogens with two attached hydrogens (primary N) is 1. The second-order valence-corrected chi connectivity index (χ2v) is 4.76. The molecule has 0 aromatic carbocycles. The molecule has 0 aliphatic carbocycles. The van der Waals surface area contributed by atoms with E-state index in [9.17, 15) is 0 Å². The first kappa shape index (κ1) is 14.7. The Morgan fingerprint density at radius 2 is 1.87 bits per heavy atom. The second kappa shape index (κ2) is 10.2. The lowest BCUT2D eigenvalue weighted by molar-refractivity contribution is 0.403. The van der Waals surface area contributed by atoms with Gasteiger partial charge in [-0.3, -0.25) is 11.3 Å².